The number of carbonyl (C=O) groups excluding carboxylic acids is 2. The lowest BCUT2D eigenvalue weighted by molar-refractivity contribution is -0.123. The van der Waals surface area contributed by atoms with Crippen molar-refractivity contribution in [2.45, 2.75) is 44.0 Å². The molecule has 1 aromatic heterocycles. The summed E-state index contributed by atoms with van der Waals surface area (Å²) in [4.78, 5) is 31.2. The number of oxazole rings is 1. The van der Waals surface area contributed by atoms with Gasteiger partial charge in [0.1, 0.15) is 17.2 Å². The minimum atomic E-state index is -1.07. The number of amides is 1. The molecular formula is C32H30N4O5. The molecule has 4 aromatic rings. The summed E-state index contributed by atoms with van der Waals surface area (Å²) in [5, 5.41) is 6.62. The number of carbonyl (C=O) groups is 2. The molecule has 9 heteroatoms. The zero-order valence-corrected chi connectivity index (χ0v) is 22.9. The third kappa shape index (κ3) is 3.62. The maximum atomic E-state index is 13.3. The van der Waals surface area contributed by atoms with Crippen molar-refractivity contribution in [1.82, 2.24) is 10.3 Å². The molecule has 4 atom stereocenters. The van der Waals surface area contributed by atoms with E-state index in [9.17, 15) is 9.59 Å². The average Bonchev–Trinajstić information content (AvgIpc) is 3.64. The predicted molar refractivity (Wildman–Crippen MR) is 151 cm³/mol. The number of rotatable bonds is 3. The van der Waals surface area contributed by atoms with E-state index in [4.69, 9.17) is 19.6 Å². The Hall–Kier alpha value is -4.63. The van der Waals surface area contributed by atoms with E-state index in [2.05, 4.69) is 33.8 Å². The summed E-state index contributed by atoms with van der Waals surface area (Å²) in [7, 11) is 1.32. The highest BCUT2D eigenvalue weighted by atomic mass is 16.5. The Kier molecular flexibility index (Phi) is 5.69. The van der Waals surface area contributed by atoms with E-state index in [0.29, 0.717) is 17.9 Å². The second kappa shape index (κ2) is 9.21. The first kappa shape index (κ1) is 25.3. The van der Waals surface area contributed by atoms with Crippen LogP contribution in [0.2, 0.25) is 0 Å². The molecule has 3 aliphatic rings. The zero-order chi connectivity index (χ0) is 28.5. The van der Waals surface area contributed by atoms with Crippen molar-refractivity contribution in [2.24, 2.45) is 11.7 Å². The van der Waals surface area contributed by atoms with Crippen LogP contribution in [0.5, 0.6) is 5.75 Å². The van der Waals surface area contributed by atoms with Gasteiger partial charge in [-0.3, -0.25) is 4.79 Å². The summed E-state index contributed by atoms with van der Waals surface area (Å²) in [5.41, 5.74) is 10.8. The fourth-order valence-electron chi connectivity index (χ4n) is 6.38. The van der Waals surface area contributed by atoms with Crippen LogP contribution in [0.4, 0.5) is 5.69 Å². The number of methoxy groups -OCH3 is 1. The largest absolute Gasteiger partial charge is 0.469 e. The Morgan fingerprint density at radius 1 is 1.07 bits per heavy atom. The first-order chi connectivity index (χ1) is 19.8. The number of aromatic nitrogens is 1. The molecule has 0 saturated heterocycles. The van der Waals surface area contributed by atoms with E-state index in [1.807, 2.05) is 62.4 Å². The van der Waals surface area contributed by atoms with Crippen LogP contribution >= 0.6 is 0 Å². The monoisotopic (exact) mass is 550 g/mol. The van der Waals surface area contributed by atoms with Gasteiger partial charge in [-0.15, -0.1) is 0 Å². The maximum Gasteiger partial charge on any atom is 0.360 e. The molecule has 0 fully saturated rings. The molecule has 4 heterocycles. The van der Waals surface area contributed by atoms with Gasteiger partial charge in [-0.05, 0) is 29.5 Å². The molecule has 1 amide bonds. The topological polar surface area (TPSA) is 129 Å². The summed E-state index contributed by atoms with van der Waals surface area (Å²) in [5.74, 6) is 0.0927. The summed E-state index contributed by atoms with van der Waals surface area (Å²) in [6, 6.07) is 20.6. The Morgan fingerprint density at radius 2 is 1.88 bits per heavy atom. The lowest BCUT2D eigenvalue weighted by atomic mass is 9.72. The fraction of sp³-hybridized carbons (Fsp3) is 0.281. The number of nitrogens with two attached hydrogens (primary N) is 1. The van der Waals surface area contributed by atoms with Gasteiger partial charge in [0.15, 0.2) is 17.7 Å². The van der Waals surface area contributed by atoms with E-state index >= 15 is 0 Å². The molecule has 3 aliphatic heterocycles. The number of esters is 1. The molecule has 0 aliphatic carbocycles. The number of nitrogens with zero attached hydrogens (tertiary/aromatic N) is 1. The lowest BCUT2D eigenvalue weighted by Crippen LogP contribution is -2.45. The number of fused-ring (bicyclic) bond motifs is 4. The van der Waals surface area contributed by atoms with Crippen molar-refractivity contribution in [3.8, 4) is 16.9 Å². The van der Waals surface area contributed by atoms with Gasteiger partial charge in [-0.25, -0.2) is 9.78 Å². The Bertz CT molecular complexity index is 1700. The highest BCUT2D eigenvalue weighted by Crippen LogP contribution is 2.60. The first-order valence-corrected chi connectivity index (χ1v) is 13.7. The van der Waals surface area contributed by atoms with Crippen molar-refractivity contribution in [3.05, 3.63) is 101 Å². The molecule has 7 rings (SSSR count). The van der Waals surface area contributed by atoms with Crippen LogP contribution in [0.25, 0.3) is 11.1 Å². The normalized spacial score (nSPS) is 23.8. The van der Waals surface area contributed by atoms with Gasteiger partial charge in [-0.1, -0.05) is 74.5 Å². The molecular weight excluding hydrogens is 520 g/mol. The van der Waals surface area contributed by atoms with E-state index in [0.717, 1.165) is 33.5 Å². The number of nitrogens with one attached hydrogen (secondary N) is 2. The molecule has 4 bridgehead atoms. The van der Waals surface area contributed by atoms with Crippen LogP contribution in [0, 0.1) is 5.92 Å². The van der Waals surface area contributed by atoms with Gasteiger partial charge in [0.2, 0.25) is 11.8 Å². The van der Waals surface area contributed by atoms with Gasteiger partial charge >= 0.3 is 5.97 Å². The van der Waals surface area contributed by atoms with Crippen LogP contribution in [0.15, 0.2) is 71.1 Å². The van der Waals surface area contributed by atoms with E-state index in [-0.39, 0.29) is 23.4 Å². The number of ether oxygens (including phenoxy) is 2. The number of hydrogen-bond donors (Lipinski definition) is 3. The molecule has 4 N–H and O–H groups in total. The summed E-state index contributed by atoms with van der Waals surface area (Å²) in [6.45, 7) is 3.89. The third-order valence-corrected chi connectivity index (χ3v) is 8.36. The number of hydrogen-bond acceptors (Lipinski definition) is 8. The summed E-state index contributed by atoms with van der Waals surface area (Å²) in [6.07, 6.45) is -0.314. The van der Waals surface area contributed by atoms with Crippen molar-refractivity contribution >= 4 is 17.6 Å². The van der Waals surface area contributed by atoms with E-state index in [1.54, 1.807) is 0 Å². The summed E-state index contributed by atoms with van der Waals surface area (Å²) < 4.78 is 18.4. The molecule has 0 radical (unpaired) electrons. The highest BCUT2D eigenvalue weighted by molar-refractivity contribution is 5.92. The number of anilines is 1. The second-order valence-corrected chi connectivity index (χ2v) is 11.1. The minimum Gasteiger partial charge on any atom is -0.469 e. The van der Waals surface area contributed by atoms with Crippen LogP contribution in [-0.4, -0.2) is 36.2 Å². The molecule has 9 nitrogen and oxygen atoms in total. The van der Waals surface area contributed by atoms with Gasteiger partial charge in [0.25, 0.3) is 0 Å². The Balaban J connectivity index is 1.57. The van der Waals surface area contributed by atoms with Crippen LogP contribution in [-0.2, 0) is 21.4 Å². The van der Waals surface area contributed by atoms with Crippen molar-refractivity contribution in [2.75, 3.05) is 12.4 Å². The zero-order valence-electron chi connectivity index (χ0n) is 22.9. The van der Waals surface area contributed by atoms with Crippen LogP contribution in [0.1, 0.15) is 58.7 Å². The number of para-hydroxylation sites is 1. The fourth-order valence-corrected chi connectivity index (χ4v) is 6.38. The molecule has 0 saturated carbocycles. The predicted octanol–water partition coefficient (Wildman–Crippen LogP) is 4.30. The van der Waals surface area contributed by atoms with Gasteiger partial charge in [-0.2, -0.15) is 0 Å². The van der Waals surface area contributed by atoms with Crippen molar-refractivity contribution in [1.29, 1.82) is 0 Å². The molecule has 3 aromatic carbocycles. The van der Waals surface area contributed by atoms with Gasteiger partial charge in [0.05, 0.1) is 13.2 Å². The highest BCUT2D eigenvalue weighted by Gasteiger charge is 2.61. The quantitative estimate of drug-likeness (QED) is 0.322. The average molecular weight is 551 g/mol. The third-order valence-electron chi connectivity index (χ3n) is 8.36. The van der Waals surface area contributed by atoms with Gasteiger partial charge < -0.3 is 30.3 Å². The van der Waals surface area contributed by atoms with Gasteiger partial charge in [0, 0.05) is 22.4 Å². The standard InChI is InChI=1S/C32H30N4O5/c1-16(2)24-29-35-26(30(38)39-3)27(41-29)32-20-11-7-10-19(18-8-5-4-6-9-18)25(20)36-31(32)40-23-13-12-17(14-21(23)32)15-22(33)28(37)34-24/h4-14,16,22,24,31,36H,15,33H2,1-3H3,(H,34,37)/t22-,24-,31?,32?/m0/s1. The Labute approximate surface area is 237 Å². The molecule has 41 heavy (non-hydrogen) atoms. The lowest BCUT2D eigenvalue weighted by Gasteiger charge is -2.28. The molecule has 1 spiro atoms. The van der Waals surface area contributed by atoms with Crippen molar-refractivity contribution < 1.29 is 23.5 Å². The maximum absolute atomic E-state index is 13.3. The SMILES string of the molecule is COC(=O)c1nc2oc1C13c4cc(ccc4OC1Nc1c(-c4ccccc4)cccc13)C[C@H](N)C(=O)N[C@H]2C(C)C. The second-order valence-electron chi connectivity index (χ2n) is 11.1. The molecule has 208 valence electrons. The van der Waals surface area contributed by atoms with E-state index in [1.165, 1.54) is 7.11 Å². The first-order valence-electron chi connectivity index (χ1n) is 13.7. The molecule has 2 unspecified atom stereocenters. The smallest absolute Gasteiger partial charge is 0.360 e. The van der Waals surface area contributed by atoms with Crippen LogP contribution < -0.4 is 21.1 Å². The number of benzene rings is 3. The minimum absolute atomic E-state index is 0.0394. The Morgan fingerprint density at radius 3 is 2.63 bits per heavy atom. The van der Waals surface area contributed by atoms with Crippen molar-refractivity contribution in [3.63, 3.8) is 0 Å². The van der Waals surface area contributed by atoms with E-state index < -0.39 is 29.7 Å². The summed E-state index contributed by atoms with van der Waals surface area (Å²) >= 11 is 0. The van der Waals surface area contributed by atoms with Crippen LogP contribution in [0.3, 0.4) is 0 Å².